The second-order valence-electron chi connectivity index (χ2n) is 6.55. The van der Waals surface area contributed by atoms with Crippen LogP contribution < -0.4 is 5.32 Å². The molecule has 2 N–H and O–H groups in total. The molecule has 1 unspecified atom stereocenters. The third-order valence-electron chi connectivity index (χ3n) is 4.74. The number of halogens is 1. The molecular formula is C18H24FN3O2. The minimum Gasteiger partial charge on any atom is -0.375 e. The smallest absolute Gasteiger partial charge is 0.245 e. The molecule has 1 aliphatic rings. The summed E-state index contributed by atoms with van der Waals surface area (Å²) in [5, 5.41) is 3.86. The van der Waals surface area contributed by atoms with E-state index in [1.807, 2.05) is 6.92 Å². The Morgan fingerprint density at radius 3 is 3.12 bits per heavy atom. The predicted molar refractivity (Wildman–Crippen MR) is 91.3 cm³/mol. The summed E-state index contributed by atoms with van der Waals surface area (Å²) in [5.41, 5.74) is 3.23. The minimum atomic E-state index is -0.204. The lowest BCUT2D eigenvalue weighted by Crippen LogP contribution is -2.33. The molecule has 5 nitrogen and oxygen atoms in total. The van der Waals surface area contributed by atoms with Crippen molar-refractivity contribution < 1.29 is 13.9 Å². The number of H-pyrrole nitrogens is 1. The number of carbonyl (C=O) groups is 1. The molecule has 0 bridgehead atoms. The number of aryl methyl sites for hydroxylation is 1. The molecule has 2 aromatic rings. The highest BCUT2D eigenvalue weighted by Crippen LogP contribution is 2.25. The van der Waals surface area contributed by atoms with E-state index in [9.17, 15) is 9.18 Å². The van der Waals surface area contributed by atoms with Gasteiger partial charge in [-0.1, -0.05) is 0 Å². The number of benzene rings is 1. The van der Waals surface area contributed by atoms with Crippen LogP contribution in [-0.4, -0.2) is 49.1 Å². The Morgan fingerprint density at radius 2 is 2.33 bits per heavy atom. The third-order valence-corrected chi connectivity index (χ3v) is 4.74. The first-order chi connectivity index (χ1) is 11.6. The van der Waals surface area contributed by atoms with Crippen LogP contribution in [-0.2, 0) is 16.1 Å². The van der Waals surface area contributed by atoms with Gasteiger partial charge in [0.25, 0.3) is 0 Å². The SMILES string of the molecule is COCC(=O)NCC1CCN(Cc2[nH]c3ccc(F)cc3c2C)C1. The summed E-state index contributed by atoms with van der Waals surface area (Å²) < 4.78 is 18.2. The molecular weight excluding hydrogens is 309 g/mol. The van der Waals surface area contributed by atoms with Crippen molar-refractivity contribution in [2.75, 3.05) is 33.4 Å². The van der Waals surface area contributed by atoms with E-state index >= 15 is 0 Å². The summed E-state index contributed by atoms with van der Waals surface area (Å²) in [5.74, 6) is 0.196. The number of methoxy groups -OCH3 is 1. The summed E-state index contributed by atoms with van der Waals surface area (Å²) in [6.07, 6.45) is 1.07. The lowest BCUT2D eigenvalue weighted by molar-refractivity contribution is -0.124. The van der Waals surface area contributed by atoms with E-state index in [2.05, 4.69) is 15.2 Å². The third kappa shape index (κ3) is 3.76. The Bertz CT molecular complexity index is 728. The highest BCUT2D eigenvalue weighted by atomic mass is 19.1. The Morgan fingerprint density at radius 1 is 1.50 bits per heavy atom. The monoisotopic (exact) mass is 333 g/mol. The number of likely N-dealkylation sites (tertiary alicyclic amines) is 1. The molecule has 130 valence electrons. The Hall–Kier alpha value is -1.92. The lowest BCUT2D eigenvalue weighted by atomic mass is 10.1. The van der Waals surface area contributed by atoms with Crippen molar-refractivity contribution in [1.82, 2.24) is 15.2 Å². The van der Waals surface area contributed by atoms with Crippen molar-refractivity contribution >= 4 is 16.8 Å². The summed E-state index contributed by atoms with van der Waals surface area (Å²) in [6, 6.07) is 4.86. The maximum absolute atomic E-state index is 13.4. The minimum absolute atomic E-state index is 0.0653. The van der Waals surface area contributed by atoms with Crippen molar-refractivity contribution in [2.45, 2.75) is 19.9 Å². The molecule has 1 amide bonds. The fourth-order valence-corrected chi connectivity index (χ4v) is 3.40. The summed E-state index contributed by atoms with van der Waals surface area (Å²) in [4.78, 5) is 17.2. The molecule has 3 rings (SSSR count). The quantitative estimate of drug-likeness (QED) is 0.852. The number of ether oxygens (including phenoxy) is 1. The second-order valence-corrected chi connectivity index (χ2v) is 6.55. The van der Waals surface area contributed by atoms with E-state index in [0.717, 1.165) is 48.2 Å². The number of carbonyl (C=O) groups excluding carboxylic acids is 1. The lowest BCUT2D eigenvalue weighted by Gasteiger charge is -2.16. The van der Waals surface area contributed by atoms with Crippen LogP contribution in [0.4, 0.5) is 4.39 Å². The van der Waals surface area contributed by atoms with Crippen LogP contribution >= 0.6 is 0 Å². The number of nitrogens with zero attached hydrogens (tertiary/aromatic N) is 1. The molecule has 0 spiro atoms. The van der Waals surface area contributed by atoms with Gasteiger partial charge in [0.2, 0.25) is 5.91 Å². The number of aromatic nitrogens is 1. The fourth-order valence-electron chi connectivity index (χ4n) is 3.40. The van der Waals surface area contributed by atoms with E-state index in [-0.39, 0.29) is 18.3 Å². The number of aromatic amines is 1. The average molecular weight is 333 g/mol. The topological polar surface area (TPSA) is 57.4 Å². The zero-order valence-corrected chi connectivity index (χ0v) is 14.2. The van der Waals surface area contributed by atoms with Gasteiger partial charge >= 0.3 is 0 Å². The Labute approximate surface area is 141 Å². The van der Waals surface area contributed by atoms with E-state index in [1.165, 1.54) is 13.2 Å². The normalized spacial score (nSPS) is 18.4. The number of hydrogen-bond acceptors (Lipinski definition) is 3. The average Bonchev–Trinajstić information content (AvgIpc) is 3.12. The molecule has 1 aromatic carbocycles. The van der Waals surface area contributed by atoms with Crippen LogP contribution in [0.2, 0.25) is 0 Å². The molecule has 1 saturated heterocycles. The fraction of sp³-hybridized carbons (Fsp3) is 0.500. The van der Waals surface area contributed by atoms with Crippen LogP contribution in [0, 0.1) is 18.7 Å². The molecule has 1 fully saturated rings. The molecule has 1 aromatic heterocycles. The van der Waals surface area contributed by atoms with Gasteiger partial charge in [-0.2, -0.15) is 0 Å². The maximum atomic E-state index is 13.4. The van der Waals surface area contributed by atoms with Gasteiger partial charge in [-0.25, -0.2) is 4.39 Å². The van der Waals surface area contributed by atoms with Crippen LogP contribution in [0.1, 0.15) is 17.7 Å². The van der Waals surface area contributed by atoms with Gasteiger partial charge in [0.1, 0.15) is 12.4 Å². The zero-order chi connectivity index (χ0) is 17.1. The van der Waals surface area contributed by atoms with E-state index < -0.39 is 0 Å². The van der Waals surface area contributed by atoms with Gasteiger partial charge in [0.15, 0.2) is 0 Å². The van der Waals surface area contributed by atoms with Gasteiger partial charge < -0.3 is 15.0 Å². The molecule has 0 saturated carbocycles. The first kappa shape index (κ1) is 16.9. The van der Waals surface area contributed by atoms with Crippen LogP contribution in [0.3, 0.4) is 0 Å². The standard InChI is InChI=1S/C18H24FN3O2/c1-12-15-7-14(19)3-4-16(15)21-17(12)10-22-6-5-13(9-22)8-20-18(23)11-24-2/h3-4,7,13,21H,5-6,8-11H2,1-2H3,(H,20,23). The van der Waals surface area contributed by atoms with Gasteiger partial charge in [-0.3, -0.25) is 9.69 Å². The number of amides is 1. The molecule has 2 heterocycles. The van der Waals surface area contributed by atoms with Gasteiger partial charge in [0.05, 0.1) is 0 Å². The maximum Gasteiger partial charge on any atom is 0.245 e. The molecule has 1 aliphatic heterocycles. The molecule has 24 heavy (non-hydrogen) atoms. The van der Waals surface area contributed by atoms with Crippen molar-refractivity contribution in [1.29, 1.82) is 0 Å². The van der Waals surface area contributed by atoms with E-state index in [0.29, 0.717) is 12.5 Å². The molecule has 0 radical (unpaired) electrons. The predicted octanol–water partition coefficient (Wildman–Crippen LogP) is 2.20. The molecule has 6 heteroatoms. The largest absolute Gasteiger partial charge is 0.375 e. The van der Waals surface area contributed by atoms with Crippen LogP contribution in [0.5, 0.6) is 0 Å². The summed E-state index contributed by atoms with van der Waals surface area (Å²) in [6.45, 7) is 5.62. The van der Waals surface area contributed by atoms with E-state index in [1.54, 1.807) is 12.1 Å². The van der Waals surface area contributed by atoms with Crippen LogP contribution in [0.15, 0.2) is 18.2 Å². The van der Waals surface area contributed by atoms with Gasteiger partial charge in [0, 0.05) is 43.3 Å². The summed E-state index contributed by atoms with van der Waals surface area (Å²) in [7, 11) is 1.52. The highest BCUT2D eigenvalue weighted by Gasteiger charge is 2.24. The Balaban J connectivity index is 1.58. The highest BCUT2D eigenvalue weighted by molar-refractivity contribution is 5.84. The van der Waals surface area contributed by atoms with E-state index in [4.69, 9.17) is 4.74 Å². The molecule has 1 atom stereocenters. The first-order valence-corrected chi connectivity index (χ1v) is 8.31. The summed E-state index contributed by atoms with van der Waals surface area (Å²) >= 11 is 0. The second kappa shape index (κ2) is 7.32. The number of fused-ring (bicyclic) bond motifs is 1. The number of nitrogens with one attached hydrogen (secondary N) is 2. The van der Waals surface area contributed by atoms with Crippen molar-refractivity contribution in [3.05, 3.63) is 35.3 Å². The van der Waals surface area contributed by atoms with Gasteiger partial charge in [-0.15, -0.1) is 0 Å². The number of hydrogen-bond donors (Lipinski definition) is 2. The molecule has 0 aliphatic carbocycles. The number of rotatable bonds is 6. The van der Waals surface area contributed by atoms with Crippen LogP contribution in [0.25, 0.3) is 10.9 Å². The zero-order valence-electron chi connectivity index (χ0n) is 14.2. The van der Waals surface area contributed by atoms with Crippen molar-refractivity contribution in [2.24, 2.45) is 5.92 Å². The van der Waals surface area contributed by atoms with Crippen molar-refractivity contribution in [3.8, 4) is 0 Å². The first-order valence-electron chi connectivity index (χ1n) is 8.31. The van der Waals surface area contributed by atoms with Crippen molar-refractivity contribution in [3.63, 3.8) is 0 Å². The Kier molecular flexibility index (Phi) is 5.16. The van der Waals surface area contributed by atoms with Gasteiger partial charge in [-0.05, 0) is 49.6 Å².